The molecule has 0 bridgehead atoms. The minimum absolute atomic E-state index is 0.529. The van der Waals surface area contributed by atoms with E-state index in [-0.39, 0.29) is 0 Å². The Morgan fingerprint density at radius 3 is 2.41 bits per heavy atom. The molecule has 0 saturated carbocycles. The Hall–Kier alpha value is -1.12. The molecule has 0 radical (unpaired) electrons. The predicted molar refractivity (Wildman–Crippen MR) is 74.3 cm³/mol. The second-order valence-electron chi connectivity index (χ2n) is 3.53. The molecule has 17 heavy (non-hydrogen) atoms. The summed E-state index contributed by atoms with van der Waals surface area (Å²) in [5.41, 5.74) is 1.09. The summed E-state index contributed by atoms with van der Waals surface area (Å²) in [4.78, 5) is 1.13. The standard InChI is InChI=1S/C14H13ClOS/c1-17-14-5-3-2-4-13(14)16-12-8-6-11(10-15)7-9-12/h2-9H,10H2,1H3. The number of thioether (sulfide) groups is 1. The van der Waals surface area contributed by atoms with E-state index in [9.17, 15) is 0 Å². The molecular formula is C14H13ClOS. The average molecular weight is 265 g/mol. The smallest absolute Gasteiger partial charge is 0.140 e. The molecule has 0 heterocycles. The van der Waals surface area contributed by atoms with Crippen molar-refractivity contribution in [3.05, 3.63) is 54.1 Å². The Morgan fingerprint density at radius 1 is 1.06 bits per heavy atom. The third-order valence-electron chi connectivity index (χ3n) is 2.37. The number of halogens is 1. The summed E-state index contributed by atoms with van der Waals surface area (Å²) in [6, 6.07) is 15.8. The lowest BCUT2D eigenvalue weighted by Crippen LogP contribution is -1.86. The average Bonchev–Trinajstić information content (AvgIpc) is 2.40. The van der Waals surface area contributed by atoms with Gasteiger partial charge in [-0.3, -0.25) is 0 Å². The van der Waals surface area contributed by atoms with Gasteiger partial charge in [-0.2, -0.15) is 0 Å². The lowest BCUT2D eigenvalue weighted by molar-refractivity contribution is 0.471. The maximum Gasteiger partial charge on any atom is 0.140 e. The Kier molecular flexibility index (Phi) is 4.35. The number of hydrogen-bond donors (Lipinski definition) is 0. The van der Waals surface area contributed by atoms with Crippen LogP contribution in [0.15, 0.2) is 53.4 Å². The molecule has 3 heteroatoms. The van der Waals surface area contributed by atoms with Gasteiger partial charge in [0.2, 0.25) is 0 Å². The highest BCUT2D eigenvalue weighted by Gasteiger charge is 2.02. The number of para-hydroxylation sites is 1. The Labute approximate surface area is 111 Å². The minimum atomic E-state index is 0.529. The van der Waals surface area contributed by atoms with Gasteiger partial charge in [0.15, 0.2) is 0 Å². The van der Waals surface area contributed by atoms with Crippen molar-refractivity contribution in [1.82, 2.24) is 0 Å². The normalized spacial score (nSPS) is 10.2. The molecule has 88 valence electrons. The van der Waals surface area contributed by atoms with Crippen LogP contribution >= 0.6 is 23.4 Å². The molecule has 2 aromatic rings. The van der Waals surface area contributed by atoms with E-state index in [0.717, 1.165) is 22.0 Å². The SMILES string of the molecule is CSc1ccccc1Oc1ccc(CCl)cc1. The van der Waals surface area contributed by atoms with Gasteiger partial charge in [-0.15, -0.1) is 23.4 Å². The van der Waals surface area contributed by atoms with E-state index in [0.29, 0.717) is 5.88 Å². The molecule has 0 aliphatic carbocycles. The fourth-order valence-corrected chi connectivity index (χ4v) is 2.18. The first-order valence-corrected chi connectivity index (χ1v) is 7.05. The fourth-order valence-electron chi connectivity index (χ4n) is 1.48. The van der Waals surface area contributed by atoms with Crippen molar-refractivity contribution >= 4 is 23.4 Å². The summed E-state index contributed by atoms with van der Waals surface area (Å²) in [6.07, 6.45) is 2.04. The zero-order valence-electron chi connectivity index (χ0n) is 9.52. The van der Waals surface area contributed by atoms with Crippen molar-refractivity contribution < 1.29 is 4.74 Å². The first-order chi connectivity index (χ1) is 8.33. The molecule has 0 aliphatic rings. The molecule has 0 saturated heterocycles. The van der Waals surface area contributed by atoms with Crippen LogP contribution in [0.2, 0.25) is 0 Å². The number of hydrogen-bond acceptors (Lipinski definition) is 2. The van der Waals surface area contributed by atoms with Crippen LogP contribution < -0.4 is 4.74 Å². The van der Waals surface area contributed by atoms with Crippen molar-refractivity contribution in [2.45, 2.75) is 10.8 Å². The summed E-state index contributed by atoms with van der Waals surface area (Å²) >= 11 is 7.42. The van der Waals surface area contributed by atoms with Crippen LogP contribution in [-0.2, 0) is 5.88 Å². The Balaban J connectivity index is 2.19. The number of rotatable bonds is 4. The van der Waals surface area contributed by atoms with Gasteiger partial charge in [0, 0.05) is 10.8 Å². The molecule has 0 fully saturated rings. The fraction of sp³-hybridized carbons (Fsp3) is 0.143. The molecule has 0 aromatic heterocycles. The largest absolute Gasteiger partial charge is 0.456 e. The molecular weight excluding hydrogens is 252 g/mol. The molecule has 0 spiro atoms. The molecule has 0 unspecified atom stereocenters. The first kappa shape index (κ1) is 12.3. The van der Waals surface area contributed by atoms with Gasteiger partial charge >= 0.3 is 0 Å². The van der Waals surface area contributed by atoms with E-state index >= 15 is 0 Å². The van der Waals surface area contributed by atoms with Crippen molar-refractivity contribution in [2.24, 2.45) is 0 Å². The molecule has 0 N–H and O–H groups in total. The van der Waals surface area contributed by atoms with Gasteiger partial charge in [0.05, 0.1) is 0 Å². The molecule has 0 aliphatic heterocycles. The summed E-state index contributed by atoms with van der Waals surface area (Å²) in [7, 11) is 0. The van der Waals surface area contributed by atoms with E-state index in [1.807, 2.05) is 54.8 Å². The van der Waals surface area contributed by atoms with E-state index in [1.165, 1.54) is 0 Å². The second-order valence-corrected chi connectivity index (χ2v) is 4.65. The van der Waals surface area contributed by atoms with Crippen LogP contribution in [0.1, 0.15) is 5.56 Å². The van der Waals surface area contributed by atoms with Gasteiger partial charge < -0.3 is 4.74 Å². The highest BCUT2D eigenvalue weighted by Crippen LogP contribution is 2.31. The predicted octanol–water partition coefficient (Wildman–Crippen LogP) is 4.94. The van der Waals surface area contributed by atoms with Crippen LogP contribution in [0.25, 0.3) is 0 Å². The Bertz CT molecular complexity index is 482. The van der Waals surface area contributed by atoms with E-state index in [1.54, 1.807) is 11.8 Å². The van der Waals surface area contributed by atoms with Crippen LogP contribution in [-0.4, -0.2) is 6.26 Å². The molecule has 1 nitrogen and oxygen atoms in total. The van der Waals surface area contributed by atoms with Gasteiger partial charge in [0.1, 0.15) is 11.5 Å². The zero-order valence-corrected chi connectivity index (χ0v) is 11.1. The Morgan fingerprint density at radius 2 is 1.76 bits per heavy atom. The van der Waals surface area contributed by atoms with Crippen LogP contribution in [0.4, 0.5) is 0 Å². The van der Waals surface area contributed by atoms with Crippen LogP contribution in [0, 0.1) is 0 Å². The van der Waals surface area contributed by atoms with Gasteiger partial charge in [0.25, 0.3) is 0 Å². The molecule has 0 atom stereocenters. The third kappa shape index (κ3) is 3.18. The molecule has 2 aromatic carbocycles. The summed E-state index contributed by atoms with van der Waals surface area (Å²) < 4.78 is 5.84. The van der Waals surface area contributed by atoms with Crippen molar-refractivity contribution in [2.75, 3.05) is 6.26 Å². The van der Waals surface area contributed by atoms with E-state index in [4.69, 9.17) is 16.3 Å². The quantitative estimate of drug-likeness (QED) is 0.571. The van der Waals surface area contributed by atoms with E-state index in [2.05, 4.69) is 0 Å². The maximum atomic E-state index is 5.84. The highest BCUT2D eigenvalue weighted by atomic mass is 35.5. The summed E-state index contributed by atoms with van der Waals surface area (Å²) in [5.74, 6) is 2.25. The van der Waals surface area contributed by atoms with Gasteiger partial charge in [-0.25, -0.2) is 0 Å². The van der Waals surface area contributed by atoms with Crippen LogP contribution in [0.3, 0.4) is 0 Å². The van der Waals surface area contributed by atoms with Crippen molar-refractivity contribution in [3.8, 4) is 11.5 Å². The summed E-state index contributed by atoms with van der Waals surface area (Å²) in [5, 5.41) is 0. The zero-order chi connectivity index (χ0) is 12.1. The van der Waals surface area contributed by atoms with Crippen molar-refractivity contribution in [1.29, 1.82) is 0 Å². The summed E-state index contributed by atoms with van der Waals surface area (Å²) in [6.45, 7) is 0. The first-order valence-electron chi connectivity index (χ1n) is 5.29. The van der Waals surface area contributed by atoms with Crippen LogP contribution in [0.5, 0.6) is 11.5 Å². The number of benzene rings is 2. The number of ether oxygens (including phenoxy) is 1. The third-order valence-corrected chi connectivity index (χ3v) is 3.46. The second kappa shape index (κ2) is 5.99. The minimum Gasteiger partial charge on any atom is -0.456 e. The maximum absolute atomic E-state index is 5.84. The van der Waals surface area contributed by atoms with Crippen molar-refractivity contribution in [3.63, 3.8) is 0 Å². The number of alkyl halides is 1. The highest BCUT2D eigenvalue weighted by molar-refractivity contribution is 7.98. The van der Waals surface area contributed by atoms with Gasteiger partial charge in [-0.1, -0.05) is 24.3 Å². The molecule has 2 rings (SSSR count). The monoisotopic (exact) mass is 264 g/mol. The lowest BCUT2D eigenvalue weighted by atomic mass is 10.2. The lowest BCUT2D eigenvalue weighted by Gasteiger charge is -2.09. The van der Waals surface area contributed by atoms with E-state index < -0.39 is 0 Å². The molecule has 0 amide bonds. The van der Waals surface area contributed by atoms with Gasteiger partial charge in [-0.05, 0) is 36.1 Å². The topological polar surface area (TPSA) is 9.23 Å².